The zero-order chi connectivity index (χ0) is 18.2. The first kappa shape index (κ1) is 20.8. The van der Waals surface area contributed by atoms with Gasteiger partial charge in [-0.1, -0.05) is 16.5 Å². The molecule has 2 N–H and O–H groups in total. The van der Waals surface area contributed by atoms with Gasteiger partial charge in [-0.15, -0.1) is 0 Å². The van der Waals surface area contributed by atoms with Crippen molar-refractivity contribution in [3.05, 3.63) is 28.8 Å². The Labute approximate surface area is 146 Å². The van der Waals surface area contributed by atoms with Gasteiger partial charge in [-0.25, -0.2) is 8.42 Å². The van der Waals surface area contributed by atoms with Crippen molar-refractivity contribution >= 4 is 27.5 Å². The van der Waals surface area contributed by atoms with E-state index in [1.54, 1.807) is 7.11 Å². The normalized spacial score (nSPS) is 11.5. The second kappa shape index (κ2) is 9.92. The molecule has 0 heterocycles. The SMILES string of the molecule is COCCCN(CCOC)C(=O)c1ccc(Cl)c(S(=O)(=O)NO)c1. The summed E-state index contributed by atoms with van der Waals surface area (Å²) in [7, 11) is -1.10. The first-order valence-electron chi connectivity index (χ1n) is 7.10. The van der Waals surface area contributed by atoms with Gasteiger partial charge in [0.1, 0.15) is 4.90 Å². The molecule has 0 unspecified atom stereocenters. The van der Waals surface area contributed by atoms with Crippen molar-refractivity contribution in [1.82, 2.24) is 9.79 Å². The van der Waals surface area contributed by atoms with Gasteiger partial charge >= 0.3 is 0 Å². The fourth-order valence-electron chi connectivity index (χ4n) is 1.99. The fourth-order valence-corrected chi connectivity index (χ4v) is 3.12. The molecule has 1 amide bonds. The molecule has 8 nitrogen and oxygen atoms in total. The number of benzene rings is 1. The van der Waals surface area contributed by atoms with Gasteiger partial charge in [-0.05, 0) is 24.6 Å². The lowest BCUT2D eigenvalue weighted by atomic mass is 10.2. The Hall–Kier alpha value is -1.23. The van der Waals surface area contributed by atoms with E-state index in [4.69, 9.17) is 26.3 Å². The maximum Gasteiger partial charge on any atom is 0.263 e. The molecular formula is C14H21ClN2O6S. The van der Waals surface area contributed by atoms with Gasteiger partial charge < -0.3 is 19.6 Å². The molecule has 0 aliphatic heterocycles. The summed E-state index contributed by atoms with van der Waals surface area (Å²) < 4.78 is 33.5. The van der Waals surface area contributed by atoms with E-state index in [2.05, 4.69) is 0 Å². The molecular weight excluding hydrogens is 360 g/mol. The maximum absolute atomic E-state index is 12.6. The summed E-state index contributed by atoms with van der Waals surface area (Å²) in [5.74, 6) is -0.366. The van der Waals surface area contributed by atoms with E-state index in [0.29, 0.717) is 32.7 Å². The molecule has 0 radical (unpaired) electrons. The third kappa shape index (κ3) is 5.69. The van der Waals surface area contributed by atoms with Crippen LogP contribution in [0.25, 0.3) is 0 Å². The number of carbonyl (C=O) groups is 1. The van der Waals surface area contributed by atoms with Crippen molar-refractivity contribution in [2.45, 2.75) is 11.3 Å². The highest BCUT2D eigenvalue weighted by Crippen LogP contribution is 2.23. The van der Waals surface area contributed by atoms with Crippen LogP contribution < -0.4 is 4.89 Å². The molecule has 0 atom stereocenters. The summed E-state index contributed by atoms with van der Waals surface area (Å²) in [5, 5.41) is 8.65. The average Bonchev–Trinajstić information content (AvgIpc) is 2.57. The summed E-state index contributed by atoms with van der Waals surface area (Å²) in [6.07, 6.45) is 0.628. The highest BCUT2D eigenvalue weighted by molar-refractivity contribution is 7.89. The van der Waals surface area contributed by atoms with Gasteiger partial charge in [0, 0.05) is 39.5 Å². The quantitative estimate of drug-likeness (QED) is 0.465. The molecule has 1 aromatic rings. The second-order valence-electron chi connectivity index (χ2n) is 4.87. The maximum atomic E-state index is 12.6. The highest BCUT2D eigenvalue weighted by atomic mass is 35.5. The van der Waals surface area contributed by atoms with E-state index in [-0.39, 0.29) is 21.4 Å². The van der Waals surface area contributed by atoms with E-state index in [0.717, 1.165) is 6.07 Å². The minimum absolute atomic E-state index is 0.101. The van der Waals surface area contributed by atoms with Gasteiger partial charge in [0.05, 0.1) is 11.6 Å². The Morgan fingerprint density at radius 1 is 1.25 bits per heavy atom. The largest absolute Gasteiger partial charge is 0.385 e. The zero-order valence-corrected chi connectivity index (χ0v) is 15.1. The van der Waals surface area contributed by atoms with Crippen LogP contribution in [0.4, 0.5) is 0 Å². The number of methoxy groups -OCH3 is 2. The predicted octanol–water partition coefficient (Wildman–Crippen LogP) is 1.13. The third-order valence-corrected chi connectivity index (χ3v) is 4.82. The number of amides is 1. The molecule has 0 aromatic heterocycles. The first-order valence-corrected chi connectivity index (χ1v) is 8.96. The predicted molar refractivity (Wildman–Crippen MR) is 87.8 cm³/mol. The van der Waals surface area contributed by atoms with Crippen LogP contribution in [0.3, 0.4) is 0 Å². The Morgan fingerprint density at radius 2 is 1.92 bits per heavy atom. The molecule has 0 bridgehead atoms. The van der Waals surface area contributed by atoms with Crippen LogP contribution in [0, 0.1) is 0 Å². The van der Waals surface area contributed by atoms with E-state index < -0.39 is 10.0 Å². The lowest BCUT2D eigenvalue weighted by molar-refractivity contribution is 0.0674. The minimum atomic E-state index is -4.19. The van der Waals surface area contributed by atoms with Crippen LogP contribution in [0.2, 0.25) is 5.02 Å². The second-order valence-corrected chi connectivity index (χ2v) is 6.91. The Bertz CT molecular complexity index is 653. The van der Waals surface area contributed by atoms with Crippen LogP contribution in [-0.4, -0.2) is 65.0 Å². The molecule has 0 spiro atoms. The smallest absolute Gasteiger partial charge is 0.263 e. The average molecular weight is 381 g/mol. The number of sulfonamides is 1. The van der Waals surface area contributed by atoms with Gasteiger partial charge in [-0.3, -0.25) is 4.79 Å². The lowest BCUT2D eigenvalue weighted by Gasteiger charge is -2.22. The van der Waals surface area contributed by atoms with E-state index in [1.165, 1.54) is 29.0 Å². The minimum Gasteiger partial charge on any atom is -0.385 e. The number of hydrogen-bond acceptors (Lipinski definition) is 6. The van der Waals surface area contributed by atoms with Gasteiger partial charge in [0.15, 0.2) is 0 Å². The molecule has 0 aliphatic carbocycles. The Balaban J connectivity index is 3.07. The molecule has 0 aliphatic rings. The molecule has 0 fully saturated rings. The van der Waals surface area contributed by atoms with Crippen LogP contribution in [0.1, 0.15) is 16.8 Å². The number of carbonyl (C=O) groups excluding carboxylic acids is 1. The summed E-state index contributed by atoms with van der Waals surface area (Å²) in [5.41, 5.74) is 0.141. The lowest BCUT2D eigenvalue weighted by Crippen LogP contribution is -2.35. The zero-order valence-electron chi connectivity index (χ0n) is 13.5. The number of nitrogens with one attached hydrogen (secondary N) is 1. The summed E-state index contributed by atoms with van der Waals surface area (Å²) in [4.78, 5) is 15.0. The highest BCUT2D eigenvalue weighted by Gasteiger charge is 2.22. The topological polar surface area (TPSA) is 105 Å². The van der Waals surface area contributed by atoms with Crippen molar-refractivity contribution in [2.24, 2.45) is 0 Å². The molecule has 1 aromatic carbocycles. The van der Waals surface area contributed by atoms with E-state index in [9.17, 15) is 13.2 Å². The van der Waals surface area contributed by atoms with Crippen LogP contribution in [0.5, 0.6) is 0 Å². The standard InChI is InChI=1S/C14H21ClN2O6S/c1-22-8-3-6-17(7-9-23-2)14(18)11-4-5-12(15)13(10-11)24(20,21)16-19/h4-5,10,16,19H,3,6-9H2,1-2H3. The Kier molecular flexibility index (Phi) is 8.60. The first-order chi connectivity index (χ1) is 11.4. The summed E-state index contributed by atoms with van der Waals surface area (Å²) in [6, 6.07) is 3.85. The van der Waals surface area contributed by atoms with Crippen molar-refractivity contribution < 1.29 is 27.9 Å². The van der Waals surface area contributed by atoms with Crippen molar-refractivity contribution in [2.75, 3.05) is 40.5 Å². The monoisotopic (exact) mass is 380 g/mol. The fraction of sp³-hybridized carbons (Fsp3) is 0.500. The van der Waals surface area contributed by atoms with Gasteiger partial charge in [0.2, 0.25) is 0 Å². The van der Waals surface area contributed by atoms with E-state index >= 15 is 0 Å². The van der Waals surface area contributed by atoms with Crippen LogP contribution in [0.15, 0.2) is 23.1 Å². The summed E-state index contributed by atoms with van der Waals surface area (Å²) in [6.45, 7) is 1.61. The summed E-state index contributed by atoms with van der Waals surface area (Å²) >= 11 is 5.84. The van der Waals surface area contributed by atoms with Crippen molar-refractivity contribution in [1.29, 1.82) is 0 Å². The van der Waals surface area contributed by atoms with Crippen molar-refractivity contribution in [3.63, 3.8) is 0 Å². The van der Waals surface area contributed by atoms with Gasteiger partial charge in [0.25, 0.3) is 15.9 Å². The molecule has 0 saturated carbocycles. The van der Waals surface area contributed by atoms with Gasteiger partial charge in [-0.2, -0.15) is 0 Å². The molecule has 0 saturated heterocycles. The molecule has 24 heavy (non-hydrogen) atoms. The number of ether oxygens (including phenoxy) is 2. The van der Waals surface area contributed by atoms with Crippen molar-refractivity contribution in [3.8, 4) is 0 Å². The molecule has 1 rings (SSSR count). The van der Waals surface area contributed by atoms with Crippen LogP contribution in [-0.2, 0) is 19.5 Å². The number of nitrogens with zero attached hydrogens (tertiary/aromatic N) is 1. The number of hydrogen-bond donors (Lipinski definition) is 2. The third-order valence-electron chi connectivity index (χ3n) is 3.22. The molecule has 10 heteroatoms. The number of halogens is 1. The number of rotatable bonds is 10. The van der Waals surface area contributed by atoms with E-state index in [1.807, 2.05) is 0 Å². The molecule has 136 valence electrons. The Morgan fingerprint density at radius 3 is 2.50 bits per heavy atom. The van der Waals surface area contributed by atoms with Crippen LogP contribution >= 0.6 is 11.6 Å².